The Bertz CT molecular complexity index is 874. The van der Waals surface area contributed by atoms with E-state index in [1.165, 1.54) is 11.1 Å². The Hall–Kier alpha value is -1.63. The lowest BCUT2D eigenvalue weighted by Gasteiger charge is -2.34. The number of benzene rings is 1. The van der Waals surface area contributed by atoms with Gasteiger partial charge in [0.05, 0.1) is 0 Å². The maximum atomic E-state index is 7.70. The Labute approximate surface area is 165 Å². The zero-order valence-corrected chi connectivity index (χ0v) is 18.0. The summed E-state index contributed by atoms with van der Waals surface area (Å²) < 4.78 is 25.3. The number of hydrogen-bond acceptors (Lipinski definition) is 0. The number of nitrogens with zero attached hydrogens (tertiary/aromatic N) is 1. The predicted molar refractivity (Wildman–Crippen MR) is 114 cm³/mol. The molecule has 0 N–H and O–H groups in total. The topological polar surface area (TPSA) is 3.88 Å². The van der Waals surface area contributed by atoms with Gasteiger partial charge in [0.15, 0.2) is 6.20 Å². The molecular formula is C25H38N+. The van der Waals surface area contributed by atoms with Crippen LogP contribution < -0.4 is 4.57 Å². The Morgan fingerprint density at radius 2 is 1.62 bits per heavy atom. The van der Waals surface area contributed by atoms with E-state index >= 15 is 0 Å². The van der Waals surface area contributed by atoms with Gasteiger partial charge in [0, 0.05) is 21.3 Å². The largest absolute Gasteiger partial charge is 0.212 e. The van der Waals surface area contributed by atoms with E-state index in [1.807, 2.05) is 19.1 Å². The predicted octanol–water partition coefficient (Wildman–Crippen LogP) is 6.56. The SMILES string of the molecule is [2H]C([2H])([2H])c1ccc(-c2cc(C(C)(C)CC)c(C(C)(CC)CC)c[n+]2C)c(C)c1. The van der Waals surface area contributed by atoms with E-state index in [0.29, 0.717) is 5.56 Å². The molecule has 0 amide bonds. The third-order valence-electron chi connectivity index (χ3n) is 6.60. The lowest BCUT2D eigenvalue weighted by atomic mass is 9.70. The van der Waals surface area contributed by atoms with Gasteiger partial charge in [-0.1, -0.05) is 59.2 Å². The van der Waals surface area contributed by atoms with Crippen molar-refractivity contribution in [2.45, 2.75) is 85.4 Å². The first-order chi connectivity index (χ1) is 13.3. The minimum atomic E-state index is -2.07. The van der Waals surface area contributed by atoms with Gasteiger partial charge in [-0.15, -0.1) is 0 Å². The number of pyridine rings is 1. The van der Waals surface area contributed by atoms with Crippen molar-refractivity contribution >= 4 is 0 Å². The van der Waals surface area contributed by atoms with Gasteiger partial charge in [0.1, 0.15) is 7.05 Å². The molecule has 0 saturated heterocycles. The van der Waals surface area contributed by atoms with Crippen LogP contribution in [0.15, 0.2) is 30.5 Å². The quantitative estimate of drug-likeness (QED) is 0.517. The van der Waals surface area contributed by atoms with E-state index in [1.54, 1.807) is 6.07 Å². The Morgan fingerprint density at radius 1 is 0.962 bits per heavy atom. The molecule has 0 atom stereocenters. The maximum Gasteiger partial charge on any atom is 0.212 e. The van der Waals surface area contributed by atoms with Crippen molar-refractivity contribution in [3.05, 3.63) is 52.7 Å². The highest BCUT2D eigenvalue weighted by Gasteiger charge is 2.34. The number of aromatic nitrogens is 1. The molecule has 0 aliphatic rings. The van der Waals surface area contributed by atoms with Crippen molar-refractivity contribution in [2.24, 2.45) is 7.05 Å². The molecule has 0 unspecified atom stereocenters. The first-order valence-corrected chi connectivity index (χ1v) is 9.97. The Balaban J connectivity index is 2.78. The van der Waals surface area contributed by atoms with Gasteiger partial charge in [0.25, 0.3) is 0 Å². The van der Waals surface area contributed by atoms with Gasteiger partial charge in [-0.2, -0.15) is 0 Å². The lowest BCUT2D eigenvalue weighted by molar-refractivity contribution is -0.661. The van der Waals surface area contributed by atoms with E-state index in [2.05, 4.69) is 65.4 Å². The second-order valence-electron chi connectivity index (χ2n) is 8.63. The molecule has 1 aromatic carbocycles. The number of aryl methyl sites for hydroxylation is 3. The monoisotopic (exact) mass is 355 g/mol. The molecule has 2 rings (SSSR count). The van der Waals surface area contributed by atoms with Gasteiger partial charge in [-0.05, 0) is 61.1 Å². The fraction of sp³-hybridized carbons (Fsp3) is 0.560. The maximum absolute atomic E-state index is 7.70. The Morgan fingerprint density at radius 3 is 2.12 bits per heavy atom. The average Bonchev–Trinajstić information content (AvgIpc) is 2.66. The third-order valence-corrected chi connectivity index (χ3v) is 6.60. The minimum Gasteiger partial charge on any atom is -0.201 e. The summed E-state index contributed by atoms with van der Waals surface area (Å²) in [6, 6.07) is 7.87. The highest BCUT2D eigenvalue weighted by molar-refractivity contribution is 5.63. The van der Waals surface area contributed by atoms with Gasteiger partial charge in [0.2, 0.25) is 5.69 Å². The smallest absolute Gasteiger partial charge is 0.201 e. The van der Waals surface area contributed by atoms with E-state index < -0.39 is 6.85 Å². The molecule has 0 fully saturated rings. The fourth-order valence-corrected chi connectivity index (χ4v) is 3.73. The van der Waals surface area contributed by atoms with Crippen LogP contribution in [-0.4, -0.2) is 0 Å². The summed E-state index contributed by atoms with van der Waals surface area (Å²) in [5.41, 5.74) is 6.65. The summed E-state index contributed by atoms with van der Waals surface area (Å²) in [4.78, 5) is 0. The molecule has 1 heterocycles. The number of rotatable bonds is 6. The van der Waals surface area contributed by atoms with Crippen molar-refractivity contribution in [3.63, 3.8) is 0 Å². The fourth-order valence-electron chi connectivity index (χ4n) is 3.73. The van der Waals surface area contributed by atoms with Crippen LogP contribution in [0.2, 0.25) is 0 Å². The molecule has 0 saturated carbocycles. The summed E-state index contributed by atoms with van der Waals surface area (Å²) in [7, 11) is 2.10. The first-order valence-electron chi connectivity index (χ1n) is 11.5. The minimum absolute atomic E-state index is 0.0660. The van der Waals surface area contributed by atoms with E-state index in [0.717, 1.165) is 36.1 Å². The zero-order valence-electron chi connectivity index (χ0n) is 21.0. The van der Waals surface area contributed by atoms with Crippen LogP contribution in [0.3, 0.4) is 0 Å². The van der Waals surface area contributed by atoms with Crippen molar-refractivity contribution in [1.82, 2.24) is 0 Å². The lowest BCUT2D eigenvalue weighted by Crippen LogP contribution is -2.37. The summed E-state index contributed by atoms with van der Waals surface area (Å²) in [5.74, 6) is 0. The van der Waals surface area contributed by atoms with Crippen LogP contribution in [0, 0.1) is 13.8 Å². The molecular weight excluding hydrogens is 314 g/mol. The molecule has 1 aromatic heterocycles. The van der Waals surface area contributed by atoms with Crippen LogP contribution >= 0.6 is 0 Å². The van der Waals surface area contributed by atoms with Crippen molar-refractivity contribution in [2.75, 3.05) is 0 Å². The normalized spacial score (nSPS) is 14.7. The second kappa shape index (κ2) is 7.55. The molecule has 2 aromatic rings. The summed E-state index contributed by atoms with van der Waals surface area (Å²) in [6.07, 6.45) is 5.57. The van der Waals surface area contributed by atoms with Gasteiger partial charge < -0.3 is 0 Å². The molecule has 0 aliphatic heterocycles. The zero-order chi connectivity index (χ0) is 22.2. The van der Waals surface area contributed by atoms with Gasteiger partial charge >= 0.3 is 0 Å². The first kappa shape index (κ1) is 16.5. The van der Waals surface area contributed by atoms with Gasteiger partial charge in [-0.25, -0.2) is 4.57 Å². The number of hydrogen-bond donors (Lipinski definition) is 0. The average molecular weight is 356 g/mol. The molecule has 1 heteroatoms. The van der Waals surface area contributed by atoms with Crippen LogP contribution in [0.25, 0.3) is 11.3 Å². The van der Waals surface area contributed by atoms with Crippen LogP contribution in [0.4, 0.5) is 0 Å². The van der Waals surface area contributed by atoms with Crippen molar-refractivity contribution < 1.29 is 8.68 Å². The van der Waals surface area contributed by atoms with Crippen molar-refractivity contribution in [3.8, 4) is 11.3 Å². The van der Waals surface area contributed by atoms with E-state index in [9.17, 15) is 0 Å². The molecule has 26 heavy (non-hydrogen) atoms. The molecule has 0 bridgehead atoms. The molecule has 0 spiro atoms. The third kappa shape index (κ3) is 3.72. The molecule has 142 valence electrons. The standard InChI is InChI=1S/C25H38N/c1-10-24(6,7)21-16-23(20-14-13-18(4)15-19(20)5)26(9)17-22(21)25(8,11-2)12-3/h13-17H,10-12H2,1-9H3/q+1/i4D3. The van der Waals surface area contributed by atoms with Crippen LogP contribution in [-0.2, 0) is 17.9 Å². The molecule has 0 radical (unpaired) electrons. The van der Waals surface area contributed by atoms with Crippen LogP contribution in [0.1, 0.15) is 87.2 Å². The highest BCUT2D eigenvalue weighted by Crippen LogP contribution is 2.40. The van der Waals surface area contributed by atoms with Crippen molar-refractivity contribution in [1.29, 1.82) is 0 Å². The highest BCUT2D eigenvalue weighted by atomic mass is 14.9. The van der Waals surface area contributed by atoms with Crippen LogP contribution in [0.5, 0.6) is 0 Å². The van der Waals surface area contributed by atoms with E-state index in [-0.39, 0.29) is 10.8 Å². The summed E-state index contributed by atoms with van der Waals surface area (Å²) in [6.45, 7) is 13.8. The molecule has 1 nitrogen and oxygen atoms in total. The summed E-state index contributed by atoms with van der Waals surface area (Å²) >= 11 is 0. The van der Waals surface area contributed by atoms with Gasteiger partial charge in [-0.3, -0.25) is 0 Å². The second-order valence-corrected chi connectivity index (χ2v) is 8.63. The summed E-state index contributed by atoms with van der Waals surface area (Å²) in [5, 5.41) is 0. The van der Waals surface area contributed by atoms with E-state index in [4.69, 9.17) is 4.11 Å². The Kier molecular flexibility index (Phi) is 4.80. The molecule has 0 aliphatic carbocycles.